The lowest BCUT2D eigenvalue weighted by Gasteiger charge is -2.23. The third-order valence-corrected chi connectivity index (χ3v) is 4.59. The number of rotatable bonds is 4. The summed E-state index contributed by atoms with van der Waals surface area (Å²) in [7, 11) is 0. The number of hydrazone groups is 1. The lowest BCUT2D eigenvalue weighted by molar-refractivity contribution is 0.282. The first-order valence-corrected chi connectivity index (χ1v) is 8.52. The molecule has 124 valence electrons. The van der Waals surface area contributed by atoms with Crippen molar-refractivity contribution < 1.29 is 5.11 Å². The van der Waals surface area contributed by atoms with E-state index in [2.05, 4.69) is 41.4 Å². The highest BCUT2D eigenvalue weighted by Gasteiger charge is 2.29. The van der Waals surface area contributed by atoms with Crippen molar-refractivity contribution in [2.45, 2.75) is 19.1 Å². The van der Waals surface area contributed by atoms with E-state index in [4.69, 9.17) is 5.10 Å². The Labute approximate surface area is 147 Å². The number of benzene rings is 3. The van der Waals surface area contributed by atoms with Gasteiger partial charge in [0.2, 0.25) is 0 Å². The normalized spacial score (nSPS) is 16.8. The largest absolute Gasteiger partial charge is 0.392 e. The van der Waals surface area contributed by atoms with Gasteiger partial charge in [-0.1, -0.05) is 72.8 Å². The van der Waals surface area contributed by atoms with Gasteiger partial charge < -0.3 is 5.11 Å². The SMILES string of the molecule is OCc1ccc(C2=NN(c3ccccc3)C(c3ccccc3)C2)cc1. The van der Waals surface area contributed by atoms with Gasteiger partial charge in [-0.15, -0.1) is 0 Å². The van der Waals surface area contributed by atoms with E-state index in [-0.39, 0.29) is 12.6 Å². The van der Waals surface area contributed by atoms with Crippen molar-refractivity contribution in [2.75, 3.05) is 5.01 Å². The van der Waals surface area contributed by atoms with Crippen LogP contribution in [-0.2, 0) is 6.61 Å². The zero-order chi connectivity index (χ0) is 17.1. The first kappa shape index (κ1) is 15.6. The van der Waals surface area contributed by atoms with E-state index in [1.807, 2.05) is 48.5 Å². The Balaban J connectivity index is 1.71. The Hall–Kier alpha value is -2.91. The van der Waals surface area contributed by atoms with E-state index in [1.54, 1.807) is 0 Å². The van der Waals surface area contributed by atoms with Crippen molar-refractivity contribution >= 4 is 11.4 Å². The molecule has 0 saturated heterocycles. The van der Waals surface area contributed by atoms with Crippen LogP contribution in [0.5, 0.6) is 0 Å². The predicted octanol–water partition coefficient (Wildman–Crippen LogP) is 4.53. The van der Waals surface area contributed by atoms with Crippen LogP contribution in [0.2, 0.25) is 0 Å². The average Bonchev–Trinajstić information content (AvgIpc) is 3.15. The van der Waals surface area contributed by atoms with Crippen LogP contribution in [0.3, 0.4) is 0 Å². The molecule has 0 radical (unpaired) electrons. The molecule has 3 nitrogen and oxygen atoms in total. The molecule has 0 amide bonds. The van der Waals surface area contributed by atoms with Gasteiger partial charge in [0.25, 0.3) is 0 Å². The minimum Gasteiger partial charge on any atom is -0.392 e. The van der Waals surface area contributed by atoms with Crippen LogP contribution in [0.25, 0.3) is 0 Å². The second-order valence-corrected chi connectivity index (χ2v) is 6.21. The molecule has 1 atom stereocenters. The first-order chi connectivity index (χ1) is 12.3. The summed E-state index contributed by atoms with van der Waals surface area (Å²) < 4.78 is 0. The smallest absolute Gasteiger partial charge is 0.0831 e. The van der Waals surface area contributed by atoms with Crippen LogP contribution in [-0.4, -0.2) is 10.8 Å². The van der Waals surface area contributed by atoms with Gasteiger partial charge in [0.1, 0.15) is 0 Å². The Morgan fingerprint density at radius 2 is 1.48 bits per heavy atom. The Morgan fingerprint density at radius 1 is 0.840 bits per heavy atom. The molecule has 0 aromatic heterocycles. The van der Waals surface area contributed by atoms with Crippen LogP contribution in [0.1, 0.15) is 29.2 Å². The fraction of sp³-hybridized carbons (Fsp3) is 0.136. The Kier molecular flexibility index (Phi) is 4.32. The fourth-order valence-electron chi connectivity index (χ4n) is 3.24. The highest BCUT2D eigenvalue weighted by Crippen LogP contribution is 2.36. The number of aliphatic hydroxyl groups excluding tert-OH is 1. The van der Waals surface area contributed by atoms with E-state index in [0.717, 1.165) is 28.9 Å². The van der Waals surface area contributed by atoms with Crippen molar-refractivity contribution in [2.24, 2.45) is 5.10 Å². The lowest BCUT2D eigenvalue weighted by atomic mass is 9.98. The summed E-state index contributed by atoms with van der Waals surface area (Å²) in [6, 6.07) is 29.0. The molecule has 1 unspecified atom stereocenters. The molecule has 0 bridgehead atoms. The third kappa shape index (κ3) is 3.19. The predicted molar refractivity (Wildman–Crippen MR) is 102 cm³/mol. The fourth-order valence-corrected chi connectivity index (χ4v) is 3.24. The number of anilines is 1. The highest BCUT2D eigenvalue weighted by atomic mass is 16.3. The number of para-hydroxylation sites is 1. The lowest BCUT2D eigenvalue weighted by Crippen LogP contribution is -2.18. The van der Waals surface area contributed by atoms with Crippen molar-refractivity contribution in [3.05, 3.63) is 102 Å². The van der Waals surface area contributed by atoms with E-state index in [9.17, 15) is 5.11 Å². The summed E-state index contributed by atoms with van der Waals surface area (Å²) >= 11 is 0. The quantitative estimate of drug-likeness (QED) is 0.763. The van der Waals surface area contributed by atoms with Crippen molar-refractivity contribution in [1.82, 2.24) is 0 Å². The van der Waals surface area contributed by atoms with Crippen LogP contribution < -0.4 is 5.01 Å². The summed E-state index contributed by atoms with van der Waals surface area (Å²) in [5.41, 5.74) is 5.45. The Bertz CT molecular complexity index is 858. The molecule has 0 spiro atoms. The van der Waals surface area contributed by atoms with Crippen LogP contribution in [0, 0.1) is 0 Å². The summed E-state index contributed by atoms with van der Waals surface area (Å²) in [4.78, 5) is 0. The second-order valence-electron chi connectivity index (χ2n) is 6.21. The third-order valence-electron chi connectivity index (χ3n) is 4.59. The standard InChI is InChI=1S/C22H20N2O/c25-16-17-11-13-18(14-12-17)21-15-22(19-7-3-1-4-8-19)24(23-21)20-9-5-2-6-10-20/h1-14,22,25H,15-16H2. The van der Waals surface area contributed by atoms with Crippen molar-refractivity contribution in [3.63, 3.8) is 0 Å². The van der Waals surface area contributed by atoms with Gasteiger partial charge in [0.15, 0.2) is 0 Å². The zero-order valence-corrected chi connectivity index (χ0v) is 13.9. The number of hydrogen-bond donors (Lipinski definition) is 1. The molecular weight excluding hydrogens is 308 g/mol. The number of nitrogens with zero attached hydrogens (tertiary/aromatic N) is 2. The van der Waals surface area contributed by atoms with E-state index in [1.165, 1.54) is 5.56 Å². The molecule has 4 rings (SSSR count). The summed E-state index contributed by atoms with van der Waals surface area (Å²) in [5.74, 6) is 0. The minimum atomic E-state index is 0.0650. The average molecular weight is 328 g/mol. The second kappa shape index (κ2) is 6.91. The number of aliphatic hydroxyl groups is 1. The summed E-state index contributed by atoms with van der Waals surface area (Å²) in [5, 5.41) is 16.3. The summed E-state index contributed by atoms with van der Waals surface area (Å²) in [6.07, 6.45) is 0.859. The Morgan fingerprint density at radius 3 is 2.12 bits per heavy atom. The van der Waals surface area contributed by atoms with E-state index >= 15 is 0 Å². The molecule has 3 aromatic rings. The molecule has 0 fully saturated rings. The molecule has 25 heavy (non-hydrogen) atoms. The topological polar surface area (TPSA) is 35.8 Å². The van der Waals surface area contributed by atoms with E-state index < -0.39 is 0 Å². The van der Waals surface area contributed by atoms with Gasteiger partial charge >= 0.3 is 0 Å². The maximum Gasteiger partial charge on any atom is 0.0831 e. The molecule has 3 heteroatoms. The maximum atomic E-state index is 9.24. The molecule has 0 aliphatic carbocycles. The molecule has 1 heterocycles. The summed E-state index contributed by atoms with van der Waals surface area (Å²) in [6.45, 7) is 0.0650. The van der Waals surface area contributed by atoms with Crippen LogP contribution in [0.4, 0.5) is 5.69 Å². The monoisotopic (exact) mass is 328 g/mol. The molecule has 1 aliphatic heterocycles. The van der Waals surface area contributed by atoms with Crippen molar-refractivity contribution in [1.29, 1.82) is 0 Å². The van der Waals surface area contributed by atoms with Crippen LogP contribution >= 0.6 is 0 Å². The zero-order valence-electron chi connectivity index (χ0n) is 13.9. The van der Waals surface area contributed by atoms with E-state index in [0.29, 0.717) is 0 Å². The molecule has 0 saturated carbocycles. The molecule has 1 N–H and O–H groups in total. The maximum absolute atomic E-state index is 9.24. The van der Waals surface area contributed by atoms with Gasteiger partial charge in [-0.3, -0.25) is 5.01 Å². The minimum absolute atomic E-state index is 0.0650. The van der Waals surface area contributed by atoms with Gasteiger partial charge in [0, 0.05) is 6.42 Å². The van der Waals surface area contributed by atoms with Gasteiger partial charge in [-0.2, -0.15) is 5.10 Å². The van der Waals surface area contributed by atoms with Gasteiger partial charge in [-0.05, 0) is 28.8 Å². The van der Waals surface area contributed by atoms with Crippen LogP contribution in [0.15, 0.2) is 90.0 Å². The van der Waals surface area contributed by atoms with Gasteiger partial charge in [-0.25, -0.2) is 0 Å². The van der Waals surface area contributed by atoms with Crippen molar-refractivity contribution in [3.8, 4) is 0 Å². The molecular formula is C22H20N2O. The molecule has 3 aromatic carbocycles. The highest BCUT2D eigenvalue weighted by molar-refractivity contribution is 6.03. The first-order valence-electron chi connectivity index (χ1n) is 8.52. The van der Waals surface area contributed by atoms with Gasteiger partial charge in [0.05, 0.1) is 24.0 Å². The molecule has 1 aliphatic rings. The number of hydrogen-bond acceptors (Lipinski definition) is 3.